The molecule has 0 aromatic carbocycles. The van der Waals surface area contributed by atoms with Crippen molar-refractivity contribution in [3.05, 3.63) is 29.6 Å². The second-order valence-corrected chi connectivity index (χ2v) is 3.81. The van der Waals surface area contributed by atoms with Gasteiger partial charge in [-0.3, -0.25) is 25.3 Å². The molecule has 0 radical (unpaired) electrons. The molecule has 1 aromatic heterocycles. The summed E-state index contributed by atoms with van der Waals surface area (Å²) in [5.74, 6) is -1.45. The third-order valence-corrected chi connectivity index (χ3v) is 2.35. The van der Waals surface area contributed by atoms with Gasteiger partial charge in [-0.15, -0.1) is 0 Å². The molecule has 10 heteroatoms. The Labute approximate surface area is 109 Å². The van der Waals surface area contributed by atoms with Crippen LogP contribution in [0.3, 0.4) is 0 Å². The van der Waals surface area contributed by atoms with Gasteiger partial charge in [-0.05, 0) is 12.1 Å². The molecule has 1 aliphatic rings. The molecule has 0 spiro atoms. The van der Waals surface area contributed by atoms with Gasteiger partial charge >= 0.3 is 12.2 Å². The molecule has 2 N–H and O–H groups in total. The Morgan fingerprint density at radius 2 is 2.05 bits per heavy atom. The van der Waals surface area contributed by atoms with Gasteiger partial charge in [0.1, 0.15) is 12.2 Å². The van der Waals surface area contributed by atoms with Crippen molar-refractivity contribution in [3.8, 4) is 0 Å². The van der Waals surface area contributed by atoms with E-state index < -0.39 is 29.7 Å². The van der Waals surface area contributed by atoms with Gasteiger partial charge in [0.2, 0.25) is 5.91 Å². The average Bonchev–Trinajstić information content (AvgIpc) is 2.67. The summed E-state index contributed by atoms with van der Waals surface area (Å²) in [6.07, 6.45) is -3.87. The van der Waals surface area contributed by atoms with Gasteiger partial charge in [0.05, 0.1) is 5.56 Å². The molecule has 0 bridgehead atoms. The molecule has 1 fully saturated rings. The molecular formula is C10H7F3N4O3. The number of pyridine rings is 1. The Bertz CT molecular complexity index is 570. The maximum atomic E-state index is 12.3. The summed E-state index contributed by atoms with van der Waals surface area (Å²) < 4.78 is 36.8. The topological polar surface area (TPSA) is 91.4 Å². The van der Waals surface area contributed by atoms with Gasteiger partial charge < -0.3 is 0 Å². The largest absolute Gasteiger partial charge is 0.433 e. The minimum atomic E-state index is -4.60. The van der Waals surface area contributed by atoms with Gasteiger partial charge in [-0.25, -0.2) is 9.80 Å². The van der Waals surface area contributed by atoms with Crippen LogP contribution in [0.2, 0.25) is 0 Å². The predicted octanol–water partition coefficient (Wildman–Crippen LogP) is 0.297. The molecule has 1 saturated heterocycles. The number of imide groups is 1. The lowest BCUT2D eigenvalue weighted by Gasteiger charge is -2.14. The molecule has 1 aliphatic heterocycles. The molecule has 1 aromatic rings. The number of carbonyl (C=O) groups excluding carboxylic acids is 3. The van der Waals surface area contributed by atoms with Gasteiger partial charge in [0.25, 0.3) is 5.91 Å². The molecule has 20 heavy (non-hydrogen) atoms. The Kier molecular flexibility index (Phi) is 3.30. The van der Waals surface area contributed by atoms with Gasteiger partial charge in [0.15, 0.2) is 0 Å². The average molecular weight is 288 g/mol. The molecule has 4 amide bonds. The monoisotopic (exact) mass is 288 g/mol. The number of hydrazine groups is 1. The minimum Gasteiger partial charge on any atom is -0.275 e. The van der Waals surface area contributed by atoms with Crippen molar-refractivity contribution in [1.29, 1.82) is 0 Å². The molecule has 106 valence electrons. The van der Waals surface area contributed by atoms with E-state index in [-0.39, 0.29) is 12.1 Å². The van der Waals surface area contributed by atoms with Crippen molar-refractivity contribution in [2.45, 2.75) is 6.18 Å². The van der Waals surface area contributed by atoms with Crippen LogP contribution in [0.25, 0.3) is 0 Å². The summed E-state index contributed by atoms with van der Waals surface area (Å²) in [4.78, 5) is 36.8. The maximum absolute atomic E-state index is 12.3. The van der Waals surface area contributed by atoms with E-state index in [4.69, 9.17) is 0 Å². The first-order valence-electron chi connectivity index (χ1n) is 5.23. The number of carbonyl (C=O) groups is 3. The lowest BCUT2D eigenvalue weighted by atomic mass is 10.2. The highest BCUT2D eigenvalue weighted by atomic mass is 19.4. The van der Waals surface area contributed by atoms with Crippen LogP contribution in [-0.4, -0.2) is 34.4 Å². The molecular weight excluding hydrogens is 281 g/mol. The van der Waals surface area contributed by atoms with Crippen LogP contribution in [0.15, 0.2) is 18.3 Å². The highest BCUT2D eigenvalue weighted by Gasteiger charge is 2.32. The van der Waals surface area contributed by atoms with E-state index in [2.05, 4.69) is 10.4 Å². The van der Waals surface area contributed by atoms with Crippen molar-refractivity contribution in [1.82, 2.24) is 20.7 Å². The molecule has 0 saturated carbocycles. The van der Waals surface area contributed by atoms with Crippen LogP contribution in [-0.2, 0) is 11.0 Å². The second-order valence-electron chi connectivity index (χ2n) is 3.81. The highest BCUT2D eigenvalue weighted by molar-refractivity contribution is 6.03. The number of nitrogens with zero attached hydrogens (tertiary/aromatic N) is 2. The lowest BCUT2D eigenvalue weighted by Crippen LogP contribution is -2.44. The number of halogens is 3. The molecule has 2 rings (SSSR count). The van der Waals surface area contributed by atoms with Gasteiger partial charge in [0, 0.05) is 6.20 Å². The number of alkyl halides is 3. The van der Waals surface area contributed by atoms with Crippen molar-refractivity contribution >= 4 is 17.8 Å². The third-order valence-electron chi connectivity index (χ3n) is 2.35. The Morgan fingerprint density at radius 1 is 1.35 bits per heavy atom. The SMILES string of the molecule is O=C1CN(NC(=O)c2ccc(C(F)(F)F)nc2)C(=O)N1. The number of hydrogen-bond acceptors (Lipinski definition) is 4. The molecule has 7 nitrogen and oxygen atoms in total. The van der Waals surface area contributed by atoms with Crippen LogP contribution in [0.1, 0.15) is 16.1 Å². The number of hydrogen-bond donors (Lipinski definition) is 2. The van der Waals surface area contributed by atoms with Gasteiger partial charge in [-0.1, -0.05) is 0 Å². The zero-order chi connectivity index (χ0) is 14.9. The Morgan fingerprint density at radius 3 is 2.50 bits per heavy atom. The van der Waals surface area contributed by atoms with Crippen molar-refractivity contribution in [3.63, 3.8) is 0 Å². The Balaban J connectivity index is 2.07. The van der Waals surface area contributed by atoms with Crippen molar-refractivity contribution in [2.75, 3.05) is 6.54 Å². The summed E-state index contributed by atoms with van der Waals surface area (Å²) in [5.41, 5.74) is 0.762. The summed E-state index contributed by atoms with van der Waals surface area (Å²) in [6, 6.07) is 0.744. The second kappa shape index (κ2) is 4.79. The standard InChI is InChI=1S/C10H7F3N4O3/c11-10(12,13)6-2-1-5(3-14-6)8(19)16-17-4-7(18)15-9(17)20/h1-3H,4H2,(H,16,19)(H,15,18,20). The quantitative estimate of drug-likeness (QED) is 0.765. The number of urea groups is 1. The lowest BCUT2D eigenvalue weighted by molar-refractivity contribution is -0.141. The van der Waals surface area contributed by atoms with E-state index in [0.29, 0.717) is 11.1 Å². The molecule has 0 atom stereocenters. The summed E-state index contributed by atoms with van der Waals surface area (Å²) >= 11 is 0. The van der Waals surface area contributed by atoms with Gasteiger partial charge in [-0.2, -0.15) is 13.2 Å². The summed E-state index contributed by atoms with van der Waals surface area (Å²) in [5, 5.41) is 2.63. The first-order valence-corrected chi connectivity index (χ1v) is 5.23. The van der Waals surface area contributed by atoms with E-state index >= 15 is 0 Å². The highest BCUT2D eigenvalue weighted by Crippen LogP contribution is 2.27. The summed E-state index contributed by atoms with van der Waals surface area (Å²) in [7, 11) is 0. The number of aromatic nitrogens is 1. The van der Waals surface area contributed by atoms with Crippen LogP contribution in [0.5, 0.6) is 0 Å². The zero-order valence-electron chi connectivity index (χ0n) is 9.69. The first kappa shape index (κ1) is 13.8. The van der Waals surface area contributed by atoms with Crippen LogP contribution in [0, 0.1) is 0 Å². The maximum Gasteiger partial charge on any atom is 0.433 e. The number of amides is 4. The molecule has 0 aliphatic carbocycles. The number of rotatable bonds is 2. The van der Waals surface area contributed by atoms with Crippen LogP contribution < -0.4 is 10.7 Å². The fourth-order valence-corrected chi connectivity index (χ4v) is 1.41. The smallest absolute Gasteiger partial charge is 0.275 e. The van der Waals surface area contributed by atoms with Crippen molar-refractivity contribution < 1.29 is 27.6 Å². The van der Waals surface area contributed by atoms with E-state index in [1.807, 2.05) is 5.32 Å². The van der Waals surface area contributed by atoms with E-state index in [9.17, 15) is 27.6 Å². The molecule has 0 unspecified atom stereocenters. The fourth-order valence-electron chi connectivity index (χ4n) is 1.41. The van der Waals surface area contributed by atoms with E-state index in [1.54, 1.807) is 0 Å². The number of nitrogens with one attached hydrogen (secondary N) is 2. The summed E-state index contributed by atoms with van der Waals surface area (Å²) in [6.45, 7) is -0.362. The van der Waals surface area contributed by atoms with Crippen LogP contribution >= 0.6 is 0 Å². The predicted molar refractivity (Wildman–Crippen MR) is 56.9 cm³/mol. The van der Waals surface area contributed by atoms with E-state index in [0.717, 1.165) is 12.3 Å². The van der Waals surface area contributed by atoms with Crippen molar-refractivity contribution in [2.24, 2.45) is 0 Å². The third kappa shape index (κ3) is 2.84. The minimum absolute atomic E-state index is 0.176. The normalized spacial score (nSPS) is 15.2. The van der Waals surface area contributed by atoms with E-state index in [1.165, 1.54) is 0 Å². The molecule has 2 heterocycles. The fraction of sp³-hybridized carbons (Fsp3) is 0.200. The first-order chi connectivity index (χ1) is 9.27. The zero-order valence-corrected chi connectivity index (χ0v) is 9.69. The van der Waals surface area contributed by atoms with Crippen LogP contribution in [0.4, 0.5) is 18.0 Å². The Hall–Kier alpha value is -2.65.